The van der Waals surface area contributed by atoms with Crippen molar-refractivity contribution in [3.05, 3.63) is 76.4 Å². The number of hydrogen-bond acceptors (Lipinski definition) is 4. The Morgan fingerprint density at radius 3 is 2.88 bits per heavy atom. The smallest absolute Gasteiger partial charge is 0.206 e. The number of benzene rings is 1. The van der Waals surface area contributed by atoms with Crippen molar-refractivity contribution in [2.45, 2.75) is 6.92 Å². The Labute approximate surface area is 142 Å². The molecule has 0 unspecified atom stereocenters. The first-order chi connectivity index (χ1) is 11.6. The van der Waals surface area contributed by atoms with Crippen molar-refractivity contribution < 1.29 is 8.81 Å². The molecule has 24 heavy (non-hydrogen) atoms. The van der Waals surface area contributed by atoms with E-state index in [4.69, 9.17) is 4.42 Å². The minimum Gasteiger partial charge on any atom is -0.463 e. The van der Waals surface area contributed by atoms with E-state index in [2.05, 4.69) is 16.7 Å². The lowest BCUT2D eigenvalue weighted by Crippen LogP contribution is -2.13. The second-order valence-corrected chi connectivity index (χ2v) is 6.07. The maximum Gasteiger partial charge on any atom is 0.206 e. The Balaban J connectivity index is 2.06. The molecule has 0 aliphatic carbocycles. The molecule has 2 aromatic heterocycles. The highest BCUT2D eigenvalue weighted by Crippen LogP contribution is 2.20. The van der Waals surface area contributed by atoms with Crippen LogP contribution < -0.4 is 4.80 Å². The lowest BCUT2D eigenvalue weighted by atomic mass is 10.2. The summed E-state index contributed by atoms with van der Waals surface area (Å²) in [6.45, 7) is 6.28. The third kappa shape index (κ3) is 3.60. The maximum absolute atomic E-state index is 13.8. The third-order valence-corrected chi connectivity index (χ3v) is 4.01. The zero-order valence-corrected chi connectivity index (χ0v) is 14.0. The van der Waals surface area contributed by atoms with E-state index < -0.39 is 0 Å². The van der Waals surface area contributed by atoms with Crippen LogP contribution in [-0.4, -0.2) is 17.4 Å². The summed E-state index contributed by atoms with van der Waals surface area (Å²) in [6, 6.07) is 10.1. The summed E-state index contributed by atoms with van der Waals surface area (Å²) < 4.78 is 20.9. The minimum absolute atomic E-state index is 0.322. The maximum atomic E-state index is 13.8. The molecule has 0 aliphatic rings. The Bertz CT molecular complexity index is 935. The van der Waals surface area contributed by atoms with Crippen molar-refractivity contribution in [2.75, 3.05) is 6.54 Å². The SMILES string of the molecule is C=C(C)CN=c1scc(-c2ccco2)n1N=Cc1ccccc1F. The first-order valence-corrected chi connectivity index (χ1v) is 8.21. The van der Waals surface area contributed by atoms with Crippen LogP contribution in [0.25, 0.3) is 11.5 Å². The van der Waals surface area contributed by atoms with Crippen molar-refractivity contribution >= 4 is 17.6 Å². The van der Waals surface area contributed by atoms with E-state index in [9.17, 15) is 4.39 Å². The van der Waals surface area contributed by atoms with Crippen molar-refractivity contribution in [1.29, 1.82) is 0 Å². The zero-order valence-electron chi connectivity index (χ0n) is 13.1. The number of furan rings is 1. The predicted molar refractivity (Wildman–Crippen MR) is 94.6 cm³/mol. The first-order valence-electron chi connectivity index (χ1n) is 7.33. The average Bonchev–Trinajstić information content (AvgIpc) is 3.21. The quantitative estimate of drug-likeness (QED) is 0.504. The average molecular weight is 341 g/mol. The molecule has 3 rings (SSSR count). The molecule has 0 saturated carbocycles. The highest BCUT2D eigenvalue weighted by molar-refractivity contribution is 7.07. The van der Waals surface area contributed by atoms with E-state index in [1.54, 1.807) is 29.1 Å². The molecule has 122 valence electrons. The van der Waals surface area contributed by atoms with Gasteiger partial charge >= 0.3 is 0 Å². The normalized spacial score (nSPS) is 12.2. The summed E-state index contributed by atoms with van der Waals surface area (Å²) in [6.07, 6.45) is 3.08. The fourth-order valence-electron chi connectivity index (χ4n) is 2.02. The van der Waals surface area contributed by atoms with Crippen LogP contribution in [0.3, 0.4) is 0 Å². The molecule has 0 N–H and O–H groups in total. The van der Waals surface area contributed by atoms with Gasteiger partial charge in [-0.2, -0.15) is 5.10 Å². The van der Waals surface area contributed by atoms with Crippen molar-refractivity contribution in [3.8, 4) is 11.5 Å². The topological polar surface area (TPSA) is 42.8 Å². The number of thiazole rings is 1. The molecule has 0 saturated heterocycles. The Morgan fingerprint density at radius 2 is 2.17 bits per heavy atom. The molecular weight excluding hydrogens is 325 g/mol. The van der Waals surface area contributed by atoms with Gasteiger partial charge in [0.05, 0.1) is 19.0 Å². The van der Waals surface area contributed by atoms with Crippen LogP contribution in [0.15, 0.2) is 74.7 Å². The fourth-order valence-corrected chi connectivity index (χ4v) is 2.83. The number of aromatic nitrogens is 1. The van der Waals surface area contributed by atoms with E-state index in [-0.39, 0.29) is 5.82 Å². The molecule has 0 fully saturated rings. The van der Waals surface area contributed by atoms with Gasteiger partial charge in [0, 0.05) is 10.9 Å². The van der Waals surface area contributed by atoms with Crippen molar-refractivity contribution in [2.24, 2.45) is 10.1 Å². The predicted octanol–water partition coefficient (Wildman–Crippen LogP) is 4.31. The lowest BCUT2D eigenvalue weighted by molar-refractivity contribution is 0.575. The molecule has 1 aromatic carbocycles. The molecule has 0 aliphatic heterocycles. The number of nitrogens with zero attached hydrogens (tertiary/aromatic N) is 3. The van der Waals surface area contributed by atoms with Gasteiger partial charge in [-0.05, 0) is 25.1 Å². The van der Waals surface area contributed by atoms with Crippen LogP contribution in [0, 0.1) is 5.82 Å². The number of halogens is 1. The van der Waals surface area contributed by atoms with Gasteiger partial charge in [0.15, 0.2) is 5.76 Å². The summed E-state index contributed by atoms with van der Waals surface area (Å²) in [5.41, 5.74) is 2.12. The molecule has 0 atom stereocenters. The van der Waals surface area contributed by atoms with Crippen molar-refractivity contribution in [3.63, 3.8) is 0 Å². The molecular formula is C18H16FN3OS. The zero-order chi connectivity index (χ0) is 16.9. The van der Waals surface area contributed by atoms with E-state index in [1.165, 1.54) is 23.6 Å². The molecule has 0 spiro atoms. The highest BCUT2D eigenvalue weighted by atomic mass is 32.1. The van der Waals surface area contributed by atoms with Gasteiger partial charge < -0.3 is 4.42 Å². The van der Waals surface area contributed by atoms with Crippen LogP contribution in [0.4, 0.5) is 4.39 Å². The summed E-state index contributed by atoms with van der Waals surface area (Å²) in [7, 11) is 0. The minimum atomic E-state index is -0.322. The molecule has 3 aromatic rings. The number of hydrogen-bond donors (Lipinski definition) is 0. The first kappa shape index (κ1) is 16.1. The highest BCUT2D eigenvalue weighted by Gasteiger charge is 2.09. The Kier molecular flexibility index (Phi) is 4.86. The van der Waals surface area contributed by atoms with Gasteiger partial charge in [-0.15, -0.1) is 11.3 Å². The third-order valence-electron chi connectivity index (χ3n) is 3.16. The lowest BCUT2D eigenvalue weighted by Gasteiger charge is -2.01. The largest absolute Gasteiger partial charge is 0.463 e. The molecule has 6 heteroatoms. The Hall–Kier alpha value is -2.73. The van der Waals surface area contributed by atoms with Crippen molar-refractivity contribution in [1.82, 2.24) is 4.68 Å². The second-order valence-electron chi connectivity index (χ2n) is 5.23. The van der Waals surface area contributed by atoms with Crippen LogP contribution in [0.5, 0.6) is 0 Å². The van der Waals surface area contributed by atoms with E-state index in [1.807, 2.05) is 24.4 Å². The summed E-state index contributed by atoms with van der Waals surface area (Å²) in [5.74, 6) is 0.353. The summed E-state index contributed by atoms with van der Waals surface area (Å²) in [5, 5.41) is 6.32. The molecule has 0 amide bonds. The van der Waals surface area contributed by atoms with Gasteiger partial charge in [0.25, 0.3) is 0 Å². The monoisotopic (exact) mass is 341 g/mol. The summed E-state index contributed by atoms with van der Waals surface area (Å²) >= 11 is 1.44. The standard InChI is InChI=1S/C18H16FN3OS/c1-13(2)10-20-18-22(16(12-24-18)17-8-5-9-23-17)21-11-14-6-3-4-7-15(14)19/h3-9,11-12H,1,10H2,2H3. The molecule has 4 nitrogen and oxygen atoms in total. The molecule has 0 radical (unpaired) electrons. The molecule has 2 heterocycles. The molecule has 0 bridgehead atoms. The Morgan fingerprint density at radius 1 is 1.33 bits per heavy atom. The van der Waals surface area contributed by atoms with E-state index >= 15 is 0 Å². The number of rotatable bonds is 5. The van der Waals surface area contributed by atoms with Gasteiger partial charge in [-0.25, -0.2) is 9.07 Å². The van der Waals surface area contributed by atoms with E-state index in [0.29, 0.717) is 22.7 Å². The van der Waals surface area contributed by atoms with Crippen LogP contribution in [0.1, 0.15) is 12.5 Å². The van der Waals surface area contributed by atoms with Gasteiger partial charge in [-0.3, -0.25) is 4.99 Å². The van der Waals surface area contributed by atoms with Gasteiger partial charge in [-0.1, -0.05) is 30.4 Å². The van der Waals surface area contributed by atoms with E-state index in [0.717, 1.165) is 11.3 Å². The van der Waals surface area contributed by atoms with Gasteiger partial charge in [0.2, 0.25) is 4.80 Å². The van der Waals surface area contributed by atoms with Crippen LogP contribution in [-0.2, 0) is 0 Å². The van der Waals surface area contributed by atoms with Crippen LogP contribution >= 0.6 is 11.3 Å². The van der Waals surface area contributed by atoms with Crippen LogP contribution in [0.2, 0.25) is 0 Å². The summed E-state index contributed by atoms with van der Waals surface area (Å²) in [4.78, 5) is 5.20. The fraction of sp³-hybridized carbons (Fsp3) is 0.111. The second kappa shape index (κ2) is 7.23. The van der Waals surface area contributed by atoms with Gasteiger partial charge in [0.1, 0.15) is 11.5 Å².